The Bertz CT molecular complexity index is 1270. The van der Waals surface area contributed by atoms with Gasteiger partial charge >= 0.3 is 0 Å². The number of benzene rings is 2. The van der Waals surface area contributed by atoms with Crippen LogP contribution >= 0.6 is 0 Å². The minimum atomic E-state index is -3.63. The van der Waals surface area contributed by atoms with Gasteiger partial charge in [-0.2, -0.15) is 4.31 Å². The van der Waals surface area contributed by atoms with Gasteiger partial charge in [0.15, 0.2) is 0 Å². The highest BCUT2D eigenvalue weighted by Crippen LogP contribution is 2.23. The fourth-order valence-corrected chi connectivity index (χ4v) is 6.25. The Morgan fingerprint density at radius 1 is 1.00 bits per heavy atom. The summed E-state index contributed by atoms with van der Waals surface area (Å²) in [5, 5.41) is 1.13. The lowest BCUT2D eigenvalue weighted by atomic mass is 10.1. The van der Waals surface area contributed by atoms with Crippen molar-refractivity contribution < 1.29 is 13.2 Å². The fourth-order valence-electron chi connectivity index (χ4n) is 4.54. The molecule has 34 heavy (non-hydrogen) atoms. The molecule has 4 rings (SSSR count). The smallest absolute Gasteiger partial charge is 0.253 e. The van der Waals surface area contributed by atoms with E-state index in [-0.39, 0.29) is 10.8 Å². The maximum atomic E-state index is 13.2. The lowest BCUT2D eigenvalue weighted by Gasteiger charge is -2.35. The van der Waals surface area contributed by atoms with E-state index in [0.717, 1.165) is 30.5 Å². The van der Waals surface area contributed by atoms with Crippen LogP contribution in [0.3, 0.4) is 0 Å². The number of pyridine rings is 1. The molecule has 1 aliphatic heterocycles. The van der Waals surface area contributed by atoms with E-state index in [1.807, 2.05) is 31.0 Å². The first-order chi connectivity index (χ1) is 16.3. The van der Waals surface area contributed by atoms with Crippen molar-refractivity contribution >= 4 is 26.8 Å². The van der Waals surface area contributed by atoms with Gasteiger partial charge < -0.3 is 4.90 Å². The zero-order chi connectivity index (χ0) is 24.3. The Hall–Kier alpha value is -2.81. The van der Waals surface area contributed by atoms with Crippen LogP contribution < -0.4 is 0 Å². The third-order valence-electron chi connectivity index (χ3n) is 6.53. The highest BCUT2D eigenvalue weighted by atomic mass is 32.2. The molecule has 1 fully saturated rings. The van der Waals surface area contributed by atoms with Crippen LogP contribution in [0, 0.1) is 6.92 Å². The minimum Gasteiger partial charge on any atom is -0.336 e. The first-order valence-electron chi connectivity index (χ1n) is 11.8. The Morgan fingerprint density at radius 3 is 2.41 bits per heavy atom. The number of fused-ring (bicyclic) bond motifs is 1. The van der Waals surface area contributed by atoms with Crippen LogP contribution in [0.5, 0.6) is 0 Å². The number of aromatic nitrogens is 1. The molecule has 2 aromatic carbocycles. The van der Waals surface area contributed by atoms with Gasteiger partial charge in [-0.1, -0.05) is 44.2 Å². The number of rotatable bonds is 7. The van der Waals surface area contributed by atoms with E-state index in [1.165, 1.54) is 9.87 Å². The minimum absolute atomic E-state index is 0.123. The van der Waals surface area contributed by atoms with Crippen molar-refractivity contribution in [3.05, 3.63) is 71.4 Å². The van der Waals surface area contributed by atoms with Crippen molar-refractivity contribution in [3.63, 3.8) is 0 Å². The van der Waals surface area contributed by atoms with Gasteiger partial charge in [-0.3, -0.25) is 14.7 Å². The van der Waals surface area contributed by atoms with Gasteiger partial charge in [-0.25, -0.2) is 8.42 Å². The van der Waals surface area contributed by atoms with E-state index in [2.05, 4.69) is 34.1 Å². The number of amides is 1. The Labute approximate surface area is 202 Å². The van der Waals surface area contributed by atoms with E-state index in [4.69, 9.17) is 0 Å². The molecule has 1 aliphatic rings. The number of para-hydroxylation sites is 1. The highest BCUT2D eigenvalue weighted by Gasteiger charge is 2.27. The number of aryl methyl sites for hydroxylation is 1. The monoisotopic (exact) mass is 480 g/mol. The fraction of sp³-hybridized carbons (Fsp3) is 0.385. The average Bonchev–Trinajstić information content (AvgIpc) is 2.85. The third-order valence-corrected chi connectivity index (χ3v) is 8.72. The van der Waals surface area contributed by atoms with E-state index in [9.17, 15) is 13.2 Å². The molecule has 0 spiro atoms. The molecule has 0 unspecified atom stereocenters. The van der Waals surface area contributed by atoms with E-state index < -0.39 is 10.0 Å². The summed E-state index contributed by atoms with van der Waals surface area (Å²) in [7, 11) is -3.63. The summed E-state index contributed by atoms with van der Waals surface area (Å²) in [5.74, 6) is -0.123. The molecule has 0 bridgehead atoms. The summed E-state index contributed by atoms with van der Waals surface area (Å²) in [6, 6.07) is 15.2. The summed E-state index contributed by atoms with van der Waals surface area (Å²) in [5.41, 5.74) is 3.27. The zero-order valence-corrected chi connectivity index (χ0v) is 20.9. The van der Waals surface area contributed by atoms with Gasteiger partial charge in [0.05, 0.1) is 10.4 Å². The van der Waals surface area contributed by atoms with Crippen molar-refractivity contribution in [2.45, 2.75) is 32.2 Å². The number of piperazine rings is 1. The van der Waals surface area contributed by atoms with Crippen LogP contribution in [0.4, 0.5) is 0 Å². The first kappa shape index (κ1) is 24.3. The molecule has 0 atom stereocenters. The highest BCUT2D eigenvalue weighted by molar-refractivity contribution is 7.89. The van der Waals surface area contributed by atoms with E-state index >= 15 is 0 Å². The lowest BCUT2D eigenvalue weighted by molar-refractivity contribution is 0.0628. The van der Waals surface area contributed by atoms with E-state index in [1.54, 1.807) is 25.1 Å². The van der Waals surface area contributed by atoms with Crippen molar-refractivity contribution in [1.82, 2.24) is 19.1 Å². The third kappa shape index (κ3) is 4.85. The molecule has 2 heterocycles. The van der Waals surface area contributed by atoms with Gasteiger partial charge in [0.25, 0.3) is 5.91 Å². The van der Waals surface area contributed by atoms with Crippen molar-refractivity contribution in [2.24, 2.45) is 0 Å². The lowest BCUT2D eigenvalue weighted by Crippen LogP contribution is -2.48. The number of nitrogens with zero attached hydrogens (tertiary/aromatic N) is 4. The van der Waals surface area contributed by atoms with Gasteiger partial charge in [-0.05, 0) is 36.2 Å². The SMILES string of the molecule is CCN(CC)S(=O)(=O)c1cc(C(=O)N2CCN(Cc3cccc4cccnc34)CC2)ccc1C. The second kappa shape index (κ2) is 10.2. The maximum absolute atomic E-state index is 13.2. The molecule has 7 nitrogen and oxygen atoms in total. The zero-order valence-electron chi connectivity index (χ0n) is 20.1. The largest absolute Gasteiger partial charge is 0.336 e. The molecule has 1 aromatic heterocycles. The second-order valence-electron chi connectivity index (χ2n) is 8.63. The molecule has 0 aliphatic carbocycles. The van der Waals surface area contributed by atoms with E-state index in [0.29, 0.717) is 37.3 Å². The normalized spacial score (nSPS) is 15.2. The van der Waals surface area contributed by atoms with Crippen LogP contribution in [0.25, 0.3) is 10.9 Å². The molecule has 0 N–H and O–H groups in total. The van der Waals surface area contributed by atoms with Crippen molar-refractivity contribution in [1.29, 1.82) is 0 Å². The maximum Gasteiger partial charge on any atom is 0.253 e. The van der Waals surface area contributed by atoms with Gasteiger partial charge in [0.2, 0.25) is 10.0 Å². The predicted octanol–water partition coefficient (Wildman–Crippen LogP) is 3.53. The molecule has 8 heteroatoms. The summed E-state index contributed by atoms with van der Waals surface area (Å²) in [6.07, 6.45) is 1.82. The molecule has 0 radical (unpaired) electrons. The Balaban J connectivity index is 1.45. The summed E-state index contributed by atoms with van der Waals surface area (Å²) < 4.78 is 27.6. The van der Waals surface area contributed by atoms with Crippen LogP contribution in [-0.4, -0.2) is 72.7 Å². The van der Waals surface area contributed by atoms with Crippen LogP contribution in [0.2, 0.25) is 0 Å². The summed E-state index contributed by atoms with van der Waals surface area (Å²) in [6.45, 7) is 9.69. The van der Waals surface area contributed by atoms with Gasteiger partial charge in [-0.15, -0.1) is 0 Å². The second-order valence-corrected chi connectivity index (χ2v) is 10.5. The molecule has 0 saturated carbocycles. The standard InChI is InChI=1S/C26H32N4O3S/c1-4-30(5-2)34(32,33)24-18-22(12-11-20(24)3)26(31)29-16-14-28(15-17-29)19-23-9-6-8-21-10-7-13-27-25(21)23/h6-13,18H,4-5,14-17,19H2,1-3H3. The van der Waals surface area contributed by atoms with Crippen molar-refractivity contribution in [3.8, 4) is 0 Å². The molecule has 1 amide bonds. The van der Waals surface area contributed by atoms with Gasteiger partial charge in [0, 0.05) is 63.0 Å². The van der Waals surface area contributed by atoms with Gasteiger partial charge in [0.1, 0.15) is 0 Å². The molecular formula is C26H32N4O3S. The molecule has 1 saturated heterocycles. The molecular weight excluding hydrogens is 448 g/mol. The van der Waals surface area contributed by atoms with Crippen LogP contribution in [-0.2, 0) is 16.6 Å². The van der Waals surface area contributed by atoms with Crippen LogP contribution in [0.1, 0.15) is 35.3 Å². The quantitative estimate of drug-likeness (QED) is 0.517. The number of hydrogen-bond acceptors (Lipinski definition) is 5. The predicted molar refractivity (Wildman–Crippen MR) is 134 cm³/mol. The number of carbonyl (C=O) groups excluding carboxylic acids is 1. The Kier molecular flexibility index (Phi) is 7.30. The summed E-state index contributed by atoms with van der Waals surface area (Å²) in [4.78, 5) is 22.1. The molecule has 3 aromatic rings. The summed E-state index contributed by atoms with van der Waals surface area (Å²) >= 11 is 0. The van der Waals surface area contributed by atoms with Crippen LogP contribution in [0.15, 0.2) is 59.6 Å². The van der Waals surface area contributed by atoms with Crippen molar-refractivity contribution in [2.75, 3.05) is 39.3 Å². The Morgan fingerprint density at radius 2 is 1.71 bits per heavy atom. The average molecular weight is 481 g/mol. The number of carbonyl (C=O) groups is 1. The topological polar surface area (TPSA) is 73.8 Å². The first-order valence-corrected chi connectivity index (χ1v) is 13.2. The number of sulfonamides is 1. The number of hydrogen-bond donors (Lipinski definition) is 0. The molecule has 180 valence electrons.